The molecule has 0 atom stereocenters. The lowest BCUT2D eigenvalue weighted by molar-refractivity contribution is 0.101. The van der Waals surface area contributed by atoms with Gasteiger partial charge in [-0.2, -0.15) is 0 Å². The number of aryl methyl sites for hydroxylation is 1. The molecule has 0 bridgehead atoms. The molecule has 0 unspecified atom stereocenters. The average Bonchev–Trinajstić information content (AvgIpc) is 3.38. The number of anilines is 1. The van der Waals surface area contributed by atoms with Gasteiger partial charge in [-0.3, -0.25) is 9.59 Å². The smallest absolute Gasteiger partial charge is 0.261 e. The van der Waals surface area contributed by atoms with Gasteiger partial charge >= 0.3 is 0 Å². The topological polar surface area (TPSA) is 94.6 Å². The number of fused-ring (bicyclic) bond motifs is 1. The first-order valence-corrected chi connectivity index (χ1v) is 9.97. The van der Waals surface area contributed by atoms with Gasteiger partial charge in [0, 0.05) is 21.8 Å². The summed E-state index contributed by atoms with van der Waals surface area (Å²) in [5, 5.41) is 7.05. The number of methoxy groups -OCH3 is 1. The van der Waals surface area contributed by atoms with Gasteiger partial charge in [0.1, 0.15) is 11.3 Å². The highest BCUT2D eigenvalue weighted by molar-refractivity contribution is 9.10. The minimum atomic E-state index is -0.441. The molecule has 2 heterocycles. The van der Waals surface area contributed by atoms with Crippen molar-refractivity contribution in [1.29, 1.82) is 0 Å². The average molecular weight is 469 g/mol. The van der Waals surface area contributed by atoms with E-state index >= 15 is 0 Å². The fourth-order valence-corrected chi connectivity index (χ4v) is 3.42. The Hall–Kier alpha value is -3.39. The van der Waals surface area contributed by atoms with Crippen molar-refractivity contribution in [2.24, 2.45) is 0 Å². The van der Waals surface area contributed by atoms with E-state index in [0.29, 0.717) is 40.0 Å². The van der Waals surface area contributed by atoms with Crippen molar-refractivity contribution in [1.82, 2.24) is 5.16 Å². The van der Waals surface area contributed by atoms with Crippen LogP contribution in [0.4, 0.5) is 5.69 Å². The molecule has 0 fully saturated rings. The van der Waals surface area contributed by atoms with Crippen molar-refractivity contribution in [3.05, 3.63) is 75.8 Å². The summed E-state index contributed by atoms with van der Waals surface area (Å²) < 4.78 is 17.2. The molecular formula is C22H17BrN2O5. The van der Waals surface area contributed by atoms with E-state index in [9.17, 15) is 9.59 Å². The van der Waals surface area contributed by atoms with E-state index in [4.69, 9.17) is 13.7 Å². The lowest BCUT2D eigenvalue weighted by atomic mass is 10.1. The molecule has 0 spiro atoms. The Morgan fingerprint density at radius 1 is 1.17 bits per heavy atom. The van der Waals surface area contributed by atoms with Crippen LogP contribution in [-0.2, 0) is 6.42 Å². The molecule has 0 saturated carbocycles. The van der Waals surface area contributed by atoms with Gasteiger partial charge in [-0.1, -0.05) is 34.1 Å². The van der Waals surface area contributed by atoms with Gasteiger partial charge in [0.2, 0.25) is 5.78 Å². The number of hydrogen-bond acceptors (Lipinski definition) is 6. The number of para-hydroxylation sites is 1. The van der Waals surface area contributed by atoms with Crippen molar-refractivity contribution in [2.45, 2.75) is 13.3 Å². The highest BCUT2D eigenvalue weighted by atomic mass is 79.9. The number of aromatic nitrogens is 1. The number of rotatable bonds is 6. The summed E-state index contributed by atoms with van der Waals surface area (Å²) in [5.41, 5.74) is 1.37. The van der Waals surface area contributed by atoms with Gasteiger partial charge in [-0.25, -0.2) is 0 Å². The highest BCUT2D eigenvalue weighted by Gasteiger charge is 2.26. The number of carbonyl (C=O) groups is 2. The quantitative estimate of drug-likeness (QED) is 0.389. The summed E-state index contributed by atoms with van der Waals surface area (Å²) in [5.74, 6) is 0.121. The Labute approximate surface area is 180 Å². The van der Waals surface area contributed by atoms with Crippen molar-refractivity contribution in [3.63, 3.8) is 0 Å². The molecule has 7 nitrogen and oxygen atoms in total. The third-order valence-corrected chi connectivity index (χ3v) is 5.19. The standard InChI is InChI=1S/C22H17BrN2O5/c1-3-16-15(11-24-30-16)22(27)25-18-14-5-4-6-17(28-2)20(14)29-21(18)19(26)12-7-9-13(23)10-8-12/h4-11H,3H2,1-2H3,(H,25,27). The largest absolute Gasteiger partial charge is 0.493 e. The van der Waals surface area contributed by atoms with Gasteiger partial charge in [0.15, 0.2) is 17.1 Å². The summed E-state index contributed by atoms with van der Waals surface area (Å²) in [6, 6.07) is 12.1. The van der Waals surface area contributed by atoms with Crippen LogP contribution in [-0.4, -0.2) is 24.0 Å². The minimum absolute atomic E-state index is 0.0136. The first kappa shape index (κ1) is 19.9. The molecule has 1 amide bonds. The third-order valence-electron chi connectivity index (χ3n) is 4.66. The number of carbonyl (C=O) groups excluding carboxylic acids is 2. The van der Waals surface area contributed by atoms with Gasteiger partial charge in [0.05, 0.1) is 19.0 Å². The van der Waals surface area contributed by atoms with Gasteiger partial charge in [0.25, 0.3) is 5.91 Å². The Morgan fingerprint density at radius 2 is 1.93 bits per heavy atom. The van der Waals surface area contributed by atoms with E-state index in [-0.39, 0.29) is 17.2 Å². The van der Waals surface area contributed by atoms with Crippen LogP contribution < -0.4 is 10.1 Å². The minimum Gasteiger partial charge on any atom is -0.493 e. The zero-order chi connectivity index (χ0) is 21.3. The SMILES string of the molecule is CCc1oncc1C(=O)Nc1c(C(=O)c2ccc(Br)cc2)oc2c(OC)cccc12. The van der Waals surface area contributed by atoms with E-state index in [0.717, 1.165) is 4.47 Å². The predicted molar refractivity (Wildman–Crippen MR) is 114 cm³/mol. The number of hydrogen-bond donors (Lipinski definition) is 1. The highest BCUT2D eigenvalue weighted by Crippen LogP contribution is 2.38. The van der Waals surface area contributed by atoms with Crippen LogP contribution in [0.15, 0.2) is 62.1 Å². The van der Waals surface area contributed by atoms with Gasteiger partial charge < -0.3 is 19.0 Å². The van der Waals surface area contributed by atoms with Crippen LogP contribution in [0.2, 0.25) is 0 Å². The molecule has 2 aromatic heterocycles. The number of ether oxygens (including phenoxy) is 1. The number of amides is 1. The molecule has 0 radical (unpaired) electrons. The molecule has 0 saturated heterocycles. The lowest BCUT2D eigenvalue weighted by Gasteiger charge is -2.06. The van der Waals surface area contributed by atoms with Crippen LogP contribution in [0.5, 0.6) is 5.75 Å². The van der Waals surface area contributed by atoms with Crippen molar-refractivity contribution < 1.29 is 23.3 Å². The van der Waals surface area contributed by atoms with Crippen molar-refractivity contribution in [3.8, 4) is 5.75 Å². The Kier molecular flexibility index (Phi) is 5.41. The lowest BCUT2D eigenvalue weighted by Crippen LogP contribution is -2.15. The molecule has 4 aromatic rings. The number of benzene rings is 2. The second-order valence-corrected chi connectivity index (χ2v) is 7.37. The zero-order valence-corrected chi connectivity index (χ0v) is 17.8. The van der Waals surface area contributed by atoms with Crippen molar-refractivity contribution in [2.75, 3.05) is 12.4 Å². The maximum Gasteiger partial charge on any atom is 0.261 e. The second kappa shape index (κ2) is 8.16. The fourth-order valence-electron chi connectivity index (χ4n) is 3.16. The first-order valence-electron chi connectivity index (χ1n) is 9.18. The van der Waals surface area contributed by atoms with Gasteiger partial charge in [-0.05, 0) is 36.4 Å². The van der Waals surface area contributed by atoms with Crippen LogP contribution in [0.25, 0.3) is 11.0 Å². The summed E-state index contributed by atoms with van der Waals surface area (Å²) in [4.78, 5) is 26.1. The van der Waals surface area contributed by atoms with Gasteiger partial charge in [-0.15, -0.1) is 0 Å². The Balaban J connectivity index is 1.84. The number of halogens is 1. The molecule has 0 aliphatic carbocycles. The maximum atomic E-state index is 13.2. The Bertz CT molecular complexity index is 1240. The van der Waals surface area contributed by atoms with E-state index in [1.807, 2.05) is 6.92 Å². The molecule has 8 heteroatoms. The van der Waals surface area contributed by atoms with E-state index in [1.54, 1.807) is 42.5 Å². The first-order chi connectivity index (χ1) is 14.5. The summed E-state index contributed by atoms with van der Waals surface area (Å²) in [6.07, 6.45) is 1.86. The molecule has 1 N–H and O–H groups in total. The summed E-state index contributed by atoms with van der Waals surface area (Å²) in [7, 11) is 1.51. The monoisotopic (exact) mass is 468 g/mol. The second-order valence-electron chi connectivity index (χ2n) is 6.45. The third kappa shape index (κ3) is 3.50. The molecule has 0 aliphatic rings. The van der Waals surface area contributed by atoms with Crippen LogP contribution in [0.1, 0.15) is 39.2 Å². The molecule has 4 rings (SSSR count). The molecular weight excluding hydrogens is 452 g/mol. The van der Waals surface area contributed by atoms with Crippen LogP contribution in [0, 0.1) is 0 Å². The molecule has 2 aromatic carbocycles. The normalized spacial score (nSPS) is 10.9. The summed E-state index contributed by atoms with van der Waals surface area (Å²) >= 11 is 3.36. The van der Waals surface area contributed by atoms with E-state index in [2.05, 4.69) is 26.4 Å². The molecule has 30 heavy (non-hydrogen) atoms. The molecule has 0 aliphatic heterocycles. The number of ketones is 1. The summed E-state index contributed by atoms with van der Waals surface area (Å²) in [6.45, 7) is 1.86. The zero-order valence-electron chi connectivity index (χ0n) is 16.2. The maximum absolute atomic E-state index is 13.2. The number of nitrogens with zero attached hydrogens (tertiary/aromatic N) is 1. The Morgan fingerprint density at radius 3 is 2.63 bits per heavy atom. The van der Waals surface area contributed by atoms with Crippen LogP contribution in [0.3, 0.4) is 0 Å². The predicted octanol–water partition coefficient (Wildman–Crippen LogP) is 5.24. The number of furan rings is 1. The molecule has 152 valence electrons. The van der Waals surface area contributed by atoms with Crippen LogP contribution >= 0.6 is 15.9 Å². The van der Waals surface area contributed by atoms with Crippen molar-refractivity contribution >= 4 is 44.3 Å². The van der Waals surface area contributed by atoms with E-state index < -0.39 is 5.91 Å². The number of nitrogens with one attached hydrogen (secondary N) is 1. The van der Waals surface area contributed by atoms with E-state index in [1.165, 1.54) is 13.3 Å². The fraction of sp³-hybridized carbons (Fsp3) is 0.136.